The summed E-state index contributed by atoms with van der Waals surface area (Å²) in [5.41, 5.74) is 4.79. The monoisotopic (exact) mass is 352 g/mol. The summed E-state index contributed by atoms with van der Waals surface area (Å²) in [6, 6.07) is 4.50. The van der Waals surface area contributed by atoms with Crippen molar-refractivity contribution < 1.29 is 22.7 Å². The van der Waals surface area contributed by atoms with Gasteiger partial charge in [0.2, 0.25) is 0 Å². The van der Waals surface area contributed by atoms with Crippen LogP contribution in [0, 0.1) is 5.41 Å². The van der Waals surface area contributed by atoms with Crippen molar-refractivity contribution in [2.45, 2.75) is 19.5 Å². The first-order chi connectivity index (χ1) is 10.2. The zero-order valence-electron chi connectivity index (χ0n) is 12.7. The number of amides is 1. The molecule has 2 N–H and O–H groups in total. The van der Waals surface area contributed by atoms with E-state index in [1.807, 2.05) is 6.92 Å². The average Bonchev–Trinajstić information content (AvgIpc) is 2.88. The number of halogens is 4. The van der Waals surface area contributed by atoms with E-state index in [0.29, 0.717) is 19.6 Å². The minimum Gasteiger partial charge on any atom is -0.484 e. The predicted molar refractivity (Wildman–Crippen MR) is 82.5 cm³/mol. The van der Waals surface area contributed by atoms with E-state index in [-0.39, 0.29) is 36.1 Å². The van der Waals surface area contributed by atoms with Crippen molar-refractivity contribution in [1.82, 2.24) is 4.90 Å². The third kappa shape index (κ3) is 5.00. The molecule has 1 aromatic carbocycles. The molecular weight excluding hydrogens is 333 g/mol. The number of carbonyl (C=O) groups excluding carboxylic acids is 1. The first-order valence-corrected chi connectivity index (χ1v) is 7.01. The van der Waals surface area contributed by atoms with Gasteiger partial charge < -0.3 is 15.4 Å². The van der Waals surface area contributed by atoms with Crippen LogP contribution < -0.4 is 10.5 Å². The van der Waals surface area contributed by atoms with Crippen LogP contribution in [0.5, 0.6) is 5.75 Å². The number of ether oxygens (including phenoxy) is 1. The SMILES string of the molecule is CC1(CN)CCN(C(=O)COc2cccc(C(F)(F)F)c2)C1.Cl. The Kier molecular flexibility index (Phi) is 6.30. The zero-order valence-corrected chi connectivity index (χ0v) is 13.5. The lowest BCUT2D eigenvalue weighted by Gasteiger charge is -2.22. The van der Waals surface area contributed by atoms with Gasteiger partial charge in [0.05, 0.1) is 5.56 Å². The van der Waals surface area contributed by atoms with Gasteiger partial charge in [-0.05, 0) is 36.6 Å². The van der Waals surface area contributed by atoms with Crippen LogP contribution in [0.1, 0.15) is 18.9 Å². The quantitative estimate of drug-likeness (QED) is 0.906. The summed E-state index contributed by atoms with van der Waals surface area (Å²) < 4.78 is 43.0. The van der Waals surface area contributed by atoms with Gasteiger partial charge in [0.1, 0.15) is 5.75 Å². The van der Waals surface area contributed by atoms with Gasteiger partial charge in [-0.1, -0.05) is 13.0 Å². The highest BCUT2D eigenvalue weighted by atomic mass is 35.5. The van der Waals surface area contributed by atoms with E-state index in [1.165, 1.54) is 12.1 Å². The Balaban J connectivity index is 0.00000264. The molecule has 8 heteroatoms. The molecule has 23 heavy (non-hydrogen) atoms. The molecule has 130 valence electrons. The maximum Gasteiger partial charge on any atom is 0.416 e. The first kappa shape index (κ1) is 19.6. The third-order valence-electron chi connectivity index (χ3n) is 3.93. The number of alkyl halides is 3. The molecule has 1 aliphatic rings. The summed E-state index contributed by atoms with van der Waals surface area (Å²) in [5, 5.41) is 0. The highest BCUT2D eigenvalue weighted by Crippen LogP contribution is 2.31. The largest absolute Gasteiger partial charge is 0.484 e. The van der Waals surface area contributed by atoms with Crippen LogP contribution in [-0.4, -0.2) is 37.0 Å². The predicted octanol–water partition coefficient (Wildman–Crippen LogP) is 2.70. The van der Waals surface area contributed by atoms with Gasteiger partial charge in [-0.3, -0.25) is 4.79 Å². The average molecular weight is 353 g/mol. The van der Waals surface area contributed by atoms with Crippen LogP contribution in [0.2, 0.25) is 0 Å². The molecule has 1 saturated heterocycles. The lowest BCUT2D eigenvalue weighted by atomic mass is 9.90. The van der Waals surface area contributed by atoms with Crippen molar-refractivity contribution in [1.29, 1.82) is 0 Å². The Morgan fingerprint density at radius 2 is 2.13 bits per heavy atom. The van der Waals surface area contributed by atoms with Gasteiger partial charge in [-0.25, -0.2) is 0 Å². The standard InChI is InChI=1S/C15H19F3N2O2.ClH/c1-14(9-19)5-6-20(10-14)13(21)8-22-12-4-2-3-11(7-12)15(16,17)18;/h2-4,7H,5-6,8-10,19H2,1H3;1H. The third-order valence-corrected chi connectivity index (χ3v) is 3.93. The first-order valence-electron chi connectivity index (χ1n) is 7.01. The van der Waals surface area contributed by atoms with Gasteiger partial charge in [-0.15, -0.1) is 12.4 Å². The van der Waals surface area contributed by atoms with E-state index >= 15 is 0 Å². The van der Waals surface area contributed by atoms with Crippen molar-refractivity contribution in [2.24, 2.45) is 11.1 Å². The van der Waals surface area contributed by atoms with Crippen LogP contribution in [0.15, 0.2) is 24.3 Å². The minimum absolute atomic E-state index is 0. The van der Waals surface area contributed by atoms with E-state index in [1.54, 1.807) is 4.90 Å². The highest BCUT2D eigenvalue weighted by molar-refractivity contribution is 5.85. The Morgan fingerprint density at radius 1 is 1.43 bits per heavy atom. The van der Waals surface area contributed by atoms with E-state index in [2.05, 4.69) is 0 Å². The summed E-state index contributed by atoms with van der Waals surface area (Å²) in [6.45, 7) is 3.37. The van der Waals surface area contributed by atoms with Crippen molar-refractivity contribution in [3.8, 4) is 5.75 Å². The smallest absolute Gasteiger partial charge is 0.416 e. The molecule has 1 aliphatic heterocycles. The Labute approximate surface area is 139 Å². The summed E-state index contributed by atoms with van der Waals surface area (Å²) >= 11 is 0. The summed E-state index contributed by atoms with van der Waals surface area (Å²) in [4.78, 5) is 13.7. The Hall–Kier alpha value is -1.47. The van der Waals surface area contributed by atoms with Gasteiger partial charge in [-0.2, -0.15) is 13.2 Å². The second-order valence-corrected chi connectivity index (χ2v) is 5.89. The van der Waals surface area contributed by atoms with Gasteiger partial charge >= 0.3 is 6.18 Å². The minimum atomic E-state index is -4.43. The molecule has 0 aromatic heterocycles. The van der Waals surface area contributed by atoms with E-state index in [4.69, 9.17) is 10.5 Å². The molecule has 1 aromatic rings. The maximum absolute atomic E-state index is 12.6. The van der Waals surface area contributed by atoms with E-state index in [0.717, 1.165) is 18.6 Å². The summed E-state index contributed by atoms with van der Waals surface area (Å²) in [6.07, 6.45) is -3.61. The van der Waals surface area contributed by atoms with Crippen LogP contribution in [0.4, 0.5) is 13.2 Å². The molecule has 0 bridgehead atoms. The fraction of sp³-hybridized carbons (Fsp3) is 0.533. The number of likely N-dealkylation sites (tertiary alicyclic amines) is 1. The van der Waals surface area contributed by atoms with E-state index in [9.17, 15) is 18.0 Å². The number of rotatable bonds is 4. The molecule has 1 fully saturated rings. The van der Waals surface area contributed by atoms with Crippen LogP contribution in [0.3, 0.4) is 0 Å². The lowest BCUT2D eigenvalue weighted by molar-refractivity contribution is -0.137. The van der Waals surface area contributed by atoms with Crippen LogP contribution >= 0.6 is 12.4 Å². The molecule has 1 unspecified atom stereocenters. The topological polar surface area (TPSA) is 55.6 Å². The van der Waals surface area contributed by atoms with Crippen molar-refractivity contribution >= 4 is 18.3 Å². The zero-order chi connectivity index (χ0) is 16.4. The molecule has 0 radical (unpaired) electrons. The van der Waals surface area contributed by atoms with Crippen molar-refractivity contribution in [3.63, 3.8) is 0 Å². The normalized spacial score (nSPS) is 21.0. The second-order valence-electron chi connectivity index (χ2n) is 5.89. The molecule has 2 rings (SSSR count). The molecule has 0 aliphatic carbocycles. The highest BCUT2D eigenvalue weighted by Gasteiger charge is 2.35. The van der Waals surface area contributed by atoms with Gasteiger partial charge in [0.25, 0.3) is 5.91 Å². The van der Waals surface area contributed by atoms with Crippen LogP contribution in [0.25, 0.3) is 0 Å². The molecule has 4 nitrogen and oxygen atoms in total. The summed E-state index contributed by atoms with van der Waals surface area (Å²) in [7, 11) is 0. The van der Waals surface area contributed by atoms with E-state index < -0.39 is 11.7 Å². The number of carbonyl (C=O) groups is 1. The number of nitrogens with two attached hydrogens (primary N) is 1. The Bertz CT molecular complexity index is 554. The number of hydrogen-bond acceptors (Lipinski definition) is 3. The number of hydrogen-bond donors (Lipinski definition) is 1. The number of benzene rings is 1. The lowest BCUT2D eigenvalue weighted by Crippen LogP contribution is -2.36. The maximum atomic E-state index is 12.6. The molecule has 1 atom stereocenters. The molecular formula is C15H20ClF3N2O2. The molecule has 0 spiro atoms. The second kappa shape index (κ2) is 7.40. The Morgan fingerprint density at radius 3 is 2.70 bits per heavy atom. The fourth-order valence-electron chi connectivity index (χ4n) is 2.40. The van der Waals surface area contributed by atoms with Crippen molar-refractivity contribution in [3.05, 3.63) is 29.8 Å². The molecule has 1 amide bonds. The fourth-order valence-corrected chi connectivity index (χ4v) is 2.40. The summed E-state index contributed by atoms with van der Waals surface area (Å²) in [5.74, 6) is -0.210. The number of nitrogens with zero attached hydrogens (tertiary/aromatic N) is 1. The van der Waals surface area contributed by atoms with Crippen molar-refractivity contribution in [2.75, 3.05) is 26.2 Å². The van der Waals surface area contributed by atoms with Crippen LogP contribution in [-0.2, 0) is 11.0 Å². The molecule has 1 heterocycles. The molecule has 0 saturated carbocycles. The van der Waals surface area contributed by atoms with Gasteiger partial charge in [0, 0.05) is 13.1 Å². The van der Waals surface area contributed by atoms with Gasteiger partial charge in [0.15, 0.2) is 6.61 Å².